The van der Waals surface area contributed by atoms with E-state index in [1.54, 1.807) is 26.4 Å². The number of thioether (sulfide) groups is 1. The molecule has 2 heterocycles. The maximum Gasteiger partial charge on any atom is 0.277 e. The lowest BCUT2D eigenvalue weighted by atomic mass is 10.2. The summed E-state index contributed by atoms with van der Waals surface area (Å²) in [6, 6.07) is 9.12. The number of thiophene rings is 1. The van der Waals surface area contributed by atoms with E-state index >= 15 is 0 Å². The Morgan fingerprint density at radius 3 is 2.64 bits per heavy atom. The minimum absolute atomic E-state index is 0.0500. The summed E-state index contributed by atoms with van der Waals surface area (Å²) in [7, 11) is 3.14. The van der Waals surface area contributed by atoms with Crippen LogP contribution in [0.15, 0.2) is 40.0 Å². The molecule has 0 atom stereocenters. The topological polar surface area (TPSA) is 74.5 Å². The molecule has 3 rings (SSSR count). The fraction of sp³-hybridized carbons (Fsp3) is 0.235. The summed E-state index contributed by atoms with van der Waals surface area (Å²) in [5.74, 6) is 1.87. The van der Waals surface area contributed by atoms with E-state index in [0.29, 0.717) is 22.6 Å². The molecule has 0 N–H and O–H groups in total. The molecule has 0 saturated carbocycles. The molecule has 130 valence electrons. The first kappa shape index (κ1) is 17.5. The highest BCUT2D eigenvalue weighted by Gasteiger charge is 2.15. The van der Waals surface area contributed by atoms with E-state index in [-0.39, 0.29) is 11.5 Å². The molecular weight excluding hydrogens is 360 g/mol. The molecule has 0 bridgehead atoms. The predicted octanol–water partition coefficient (Wildman–Crippen LogP) is 4.10. The number of hydrogen-bond donors (Lipinski definition) is 0. The zero-order chi connectivity index (χ0) is 17.8. The van der Waals surface area contributed by atoms with Gasteiger partial charge >= 0.3 is 0 Å². The fourth-order valence-corrected chi connectivity index (χ4v) is 3.68. The van der Waals surface area contributed by atoms with Crippen LogP contribution >= 0.6 is 23.1 Å². The minimum Gasteiger partial charge on any atom is -0.493 e. The van der Waals surface area contributed by atoms with Crippen molar-refractivity contribution in [3.05, 3.63) is 40.1 Å². The Bertz CT molecular complexity index is 888. The molecule has 0 fully saturated rings. The molecule has 3 aromatic rings. The van der Waals surface area contributed by atoms with Crippen molar-refractivity contribution in [3.8, 4) is 23.0 Å². The molecule has 2 aromatic heterocycles. The molecule has 0 aliphatic rings. The Labute approximate surface area is 153 Å². The lowest BCUT2D eigenvalue weighted by Crippen LogP contribution is -1.99. The molecular formula is C17H16N2O4S2. The lowest BCUT2D eigenvalue weighted by molar-refractivity contribution is 0.102. The molecule has 6 nitrogen and oxygen atoms in total. The average molecular weight is 376 g/mol. The van der Waals surface area contributed by atoms with Crippen molar-refractivity contribution in [1.29, 1.82) is 0 Å². The number of aromatic nitrogens is 2. The fourth-order valence-electron chi connectivity index (χ4n) is 2.14. The number of rotatable bonds is 7. The smallest absolute Gasteiger partial charge is 0.277 e. The van der Waals surface area contributed by atoms with E-state index in [4.69, 9.17) is 13.9 Å². The first-order valence-electron chi connectivity index (χ1n) is 7.39. The molecule has 0 aliphatic carbocycles. The van der Waals surface area contributed by atoms with Crippen LogP contribution in [0.25, 0.3) is 11.5 Å². The molecule has 0 radical (unpaired) electrons. The van der Waals surface area contributed by atoms with E-state index < -0.39 is 0 Å². The van der Waals surface area contributed by atoms with Gasteiger partial charge < -0.3 is 13.9 Å². The summed E-state index contributed by atoms with van der Waals surface area (Å²) in [6.07, 6.45) is 0. The highest BCUT2D eigenvalue weighted by Crippen LogP contribution is 2.32. The van der Waals surface area contributed by atoms with Gasteiger partial charge in [0.2, 0.25) is 5.89 Å². The third kappa shape index (κ3) is 4.02. The Morgan fingerprint density at radius 1 is 1.16 bits per heavy atom. The minimum atomic E-state index is 0.0500. The van der Waals surface area contributed by atoms with Crippen molar-refractivity contribution < 1.29 is 18.7 Å². The van der Waals surface area contributed by atoms with Crippen molar-refractivity contribution in [3.63, 3.8) is 0 Å². The number of carbonyl (C=O) groups excluding carboxylic acids is 1. The highest BCUT2D eigenvalue weighted by molar-refractivity contribution is 7.99. The van der Waals surface area contributed by atoms with Crippen LogP contribution in [0.2, 0.25) is 0 Å². The number of benzene rings is 1. The number of ether oxygens (including phenoxy) is 2. The van der Waals surface area contributed by atoms with Gasteiger partial charge in [0, 0.05) is 10.4 Å². The third-order valence-corrected chi connectivity index (χ3v) is 5.24. The summed E-state index contributed by atoms with van der Waals surface area (Å²) in [4.78, 5) is 14.0. The summed E-state index contributed by atoms with van der Waals surface area (Å²) >= 11 is 2.71. The maximum absolute atomic E-state index is 12.1. The van der Waals surface area contributed by atoms with Crippen LogP contribution in [0.4, 0.5) is 0 Å². The zero-order valence-electron chi connectivity index (χ0n) is 13.9. The van der Waals surface area contributed by atoms with Gasteiger partial charge in [0.25, 0.3) is 5.22 Å². The number of ketones is 1. The second kappa shape index (κ2) is 7.71. The largest absolute Gasteiger partial charge is 0.493 e. The molecule has 0 spiro atoms. The van der Waals surface area contributed by atoms with Gasteiger partial charge in [-0.1, -0.05) is 11.8 Å². The van der Waals surface area contributed by atoms with Crippen LogP contribution in [0.3, 0.4) is 0 Å². The van der Waals surface area contributed by atoms with Crippen LogP contribution in [0, 0.1) is 6.92 Å². The second-order valence-corrected chi connectivity index (χ2v) is 7.28. The molecule has 0 aliphatic heterocycles. The summed E-state index contributed by atoms with van der Waals surface area (Å²) < 4.78 is 16.1. The molecule has 8 heteroatoms. The van der Waals surface area contributed by atoms with E-state index in [1.165, 1.54) is 23.1 Å². The number of carbonyl (C=O) groups is 1. The molecule has 0 amide bonds. The first-order chi connectivity index (χ1) is 12.1. The van der Waals surface area contributed by atoms with Crippen molar-refractivity contribution in [2.45, 2.75) is 12.1 Å². The SMILES string of the molecule is COc1ccc(-c2nnc(SCC(=O)c3ccc(C)s3)o2)cc1OC. The van der Waals surface area contributed by atoms with E-state index in [2.05, 4.69) is 10.2 Å². The van der Waals surface area contributed by atoms with Crippen molar-refractivity contribution in [1.82, 2.24) is 10.2 Å². The summed E-state index contributed by atoms with van der Waals surface area (Å²) in [6.45, 7) is 1.97. The van der Waals surface area contributed by atoms with Gasteiger partial charge in [-0.3, -0.25) is 4.79 Å². The van der Waals surface area contributed by atoms with Crippen molar-refractivity contribution >= 4 is 28.9 Å². The standard InChI is InChI=1S/C17H16N2O4S2/c1-10-4-7-15(25-10)12(20)9-24-17-19-18-16(23-17)11-5-6-13(21-2)14(8-11)22-3/h4-8H,9H2,1-3H3. The molecule has 1 aromatic carbocycles. The zero-order valence-corrected chi connectivity index (χ0v) is 15.6. The Balaban J connectivity index is 1.69. The molecule has 0 saturated heterocycles. The Kier molecular flexibility index (Phi) is 5.40. The van der Waals surface area contributed by atoms with Gasteiger partial charge in [-0.05, 0) is 37.3 Å². The highest BCUT2D eigenvalue weighted by atomic mass is 32.2. The lowest BCUT2D eigenvalue weighted by Gasteiger charge is -2.07. The third-order valence-electron chi connectivity index (χ3n) is 3.38. The van der Waals surface area contributed by atoms with Crippen LogP contribution in [-0.2, 0) is 0 Å². The van der Waals surface area contributed by atoms with Crippen LogP contribution in [-0.4, -0.2) is 36.0 Å². The number of nitrogens with zero attached hydrogens (tertiary/aromatic N) is 2. The van der Waals surface area contributed by atoms with E-state index in [0.717, 1.165) is 15.3 Å². The number of methoxy groups -OCH3 is 2. The Hall–Kier alpha value is -2.32. The van der Waals surface area contributed by atoms with Crippen molar-refractivity contribution in [2.75, 3.05) is 20.0 Å². The first-order valence-corrected chi connectivity index (χ1v) is 9.19. The summed E-state index contributed by atoms with van der Waals surface area (Å²) in [5, 5.41) is 8.37. The van der Waals surface area contributed by atoms with Gasteiger partial charge in [-0.25, -0.2) is 0 Å². The predicted molar refractivity (Wildman–Crippen MR) is 96.9 cm³/mol. The quantitative estimate of drug-likeness (QED) is 0.454. The summed E-state index contributed by atoms with van der Waals surface area (Å²) in [5.41, 5.74) is 0.720. The van der Waals surface area contributed by atoms with Crippen LogP contribution in [0.1, 0.15) is 14.5 Å². The van der Waals surface area contributed by atoms with Crippen molar-refractivity contribution in [2.24, 2.45) is 0 Å². The van der Waals surface area contributed by atoms with E-state index in [1.807, 2.05) is 25.1 Å². The van der Waals surface area contributed by atoms with Gasteiger partial charge in [-0.15, -0.1) is 21.5 Å². The number of hydrogen-bond acceptors (Lipinski definition) is 8. The molecule has 0 unspecified atom stereocenters. The normalized spacial score (nSPS) is 10.7. The number of aryl methyl sites for hydroxylation is 1. The average Bonchev–Trinajstić information content (AvgIpc) is 3.28. The van der Waals surface area contributed by atoms with Crippen LogP contribution < -0.4 is 9.47 Å². The van der Waals surface area contributed by atoms with Gasteiger partial charge in [0.1, 0.15) is 0 Å². The Morgan fingerprint density at radius 2 is 1.96 bits per heavy atom. The monoisotopic (exact) mass is 376 g/mol. The molecule has 25 heavy (non-hydrogen) atoms. The van der Waals surface area contributed by atoms with Gasteiger partial charge in [0.05, 0.1) is 24.8 Å². The van der Waals surface area contributed by atoms with Crippen LogP contribution in [0.5, 0.6) is 11.5 Å². The second-order valence-electron chi connectivity index (χ2n) is 5.07. The maximum atomic E-state index is 12.1. The number of Topliss-reactive ketones (excluding diaryl/α,β-unsaturated/α-hetero) is 1. The van der Waals surface area contributed by atoms with Gasteiger partial charge in [-0.2, -0.15) is 0 Å². The van der Waals surface area contributed by atoms with E-state index in [9.17, 15) is 4.79 Å². The van der Waals surface area contributed by atoms with Gasteiger partial charge in [0.15, 0.2) is 17.3 Å².